The predicted octanol–water partition coefficient (Wildman–Crippen LogP) is 3.15. The highest BCUT2D eigenvalue weighted by molar-refractivity contribution is 7.89. The van der Waals surface area contributed by atoms with Crippen molar-refractivity contribution in [3.05, 3.63) is 66.6 Å². The Morgan fingerprint density at radius 3 is 2.52 bits per heavy atom. The van der Waals surface area contributed by atoms with E-state index in [1.807, 2.05) is 36.5 Å². The third-order valence-electron chi connectivity index (χ3n) is 3.67. The predicted molar refractivity (Wildman–Crippen MR) is 88.1 cm³/mol. The number of nitrogens with one attached hydrogen (secondary N) is 1. The van der Waals surface area contributed by atoms with Gasteiger partial charge in [-0.05, 0) is 48.2 Å². The molecular weight excluding hydrogens is 315 g/mol. The van der Waals surface area contributed by atoms with E-state index in [1.165, 1.54) is 17.5 Å². The summed E-state index contributed by atoms with van der Waals surface area (Å²) < 4.78 is 41.6. The highest BCUT2D eigenvalue weighted by atomic mass is 32.2. The smallest absolute Gasteiger partial charge is 0.240 e. The van der Waals surface area contributed by atoms with Crippen LogP contribution in [-0.4, -0.2) is 19.5 Å². The molecule has 23 heavy (non-hydrogen) atoms. The lowest BCUT2D eigenvalue weighted by molar-refractivity contribution is 0.571. The van der Waals surface area contributed by atoms with Crippen LogP contribution in [-0.2, 0) is 16.6 Å². The van der Waals surface area contributed by atoms with Gasteiger partial charge < -0.3 is 4.57 Å². The number of aryl methyl sites for hydroxylation is 1. The number of halogens is 1. The molecule has 6 heteroatoms. The van der Waals surface area contributed by atoms with Crippen LogP contribution in [0.5, 0.6) is 0 Å². The van der Waals surface area contributed by atoms with Gasteiger partial charge in [0.25, 0.3) is 0 Å². The van der Waals surface area contributed by atoms with Crippen LogP contribution < -0.4 is 4.72 Å². The summed E-state index contributed by atoms with van der Waals surface area (Å²) in [5, 5.41) is 1.17. The van der Waals surface area contributed by atoms with Crippen molar-refractivity contribution in [2.24, 2.45) is 0 Å². The fourth-order valence-electron chi connectivity index (χ4n) is 2.49. The average molecular weight is 332 g/mol. The van der Waals surface area contributed by atoms with E-state index >= 15 is 0 Å². The van der Waals surface area contributed by atoms with Gasteiger partial charge >= 0.3 is 0 Å². The number of rotatable bonds is 6. The Morgan fingerprint density at radius 2 is 1.74 bits per heavy atom. The molecule has 0 fully saturated rings. The molecule has 0 saturated carbocycles. The summed E-state index contributed by atoms with van der Waals surface area (Å²) in [4.78, 5) is 0.0744. The van der Waals surface area contributed by atoms with Gasteiger partial charge in [0.05, 0.1) is 4.90 Å². The molecule has 3 rings (SSSR count). The Balaban J connectivity index is 1.58. The van der Waals surface area contributed by atoms with Gasteiger partial charge in [0, 0.05) is 24.8 Å². The molecule has 3 aromatic rings. The van der Waals surface area contributed by atoms with Crippen LogP contribution in [0.3, 0.4) is 0 Å². The summed E-state index contributed by atoms with van der Waals surface area (Å²) in [6.07, 6.45) is 2.66. The Labute approximate surface area is 134 Å². The quantitative estimate of drug-likeness (QED) is 0.705. The van der Waals surface area contributed by atoms with Crippen LogP contribution in [0.4, 0.5) is 4.39 Å². The molecule has 0 unspecified atom stereocenters. The second-order valence-corrected chi connectivity index (χ2v) is 7.04. The molecule has 1 aromatic heterocycles. The normalized spacial score (nSPS) is 11.9. The van der Waals surface area contributed by atoms with Gasteiger partial charge in [-0.25, -0.2) is 17.5 Å². The van der Waals surface area contributed by atoms with E-state index in [0.29, 0.717) is 13.0 Å². The summed E-state index contributed by atoms with van der Waals surface area (Å²) in [7, 11) is -3.59. The topological polar surface area (TPSA) is 51.1 Å². The van der Waals surface area contributed by atoms with Gasteiger partial charge in [0.2, 0.25) is 10.0 Å². The number of benzene rings is 2. The summed E-state index contributed by atoms with van der Waals surface area (Å²) in [5.74, 6) is -0.455. The number of hydrogen-bond donors (Lipinski definition) is 1. The molecule has 1 heterocycles. The van der Waals surface area contributed by atoms with E-state index in [9.17, 15) is 12.8 Å². The Bertz CT molecular complexity index is 902. The average Bonchev–Trinajstić information content (AvgIpc) is 2.95. The van der Waals surface area contributed by atoms with Crippen LogP contribution in [0.25, 0.3) is 10.9 Å². The summed E-state index contributed by atoms with van der Waals surface area (Å²) in [5.41, 5.74) is 1.13. The summed E-state index contributed by atoms with van der Waals surface area (Å²) in [6, 6.07) is 14.9. The van der Waals surface area contributed by atoms with E-state index < -0.39 is 15.8 Å². The van der Waals surface area contributed by atoms with E-state index in [2.05, 4.69) is 9.29 Å². The molecule has 0 aliphatic rings. The van der Waals surface area contributed by atoms with Crippen molar-refractivity contribution >= 4 is 20.9 Å². The van der Waals surface area contributed by atoms with Crippen LogP contribution in [0.1, 0.15) is 6.42 Å². The standard InChI is InChI=1S/C17H17FN2O2S/c18-15-6-8-16(9-7-15)23(21,22)19-11-3-12-20-13-10-14-4-1-2-5-17(14)20/h1-2,4-10,13,19H,3,11-12H2. The third-order valence-corrected chi connectivity index (χ3v) is 5.15. The summed E-state index contributed by atoms with van der Waals surface area (Å²) >= 11 is 0. The molecule has 0 aliphatic carbocycles. The lowest BCUT2D eigenvalue weighted by Crippen LogP contribution is -2.25. The van der Waals surface area contributed by atoms with Gasteiger partial charge in [-0.2, -0.15) is 0 Å². The van der Waals surface area contributed by atoms with Crippen LogP contribution in [0, 0.1) is 5.82 Å². The highest BCUT2D eigenvalue weighted by Crippen LogP contribution is 2.15. The number of hydrogen-bond acceptors (Lipinski definition) is 2. The van der Waals surface area contributed by atoms with E-state index in [1.54, 1.807) is 0 Å². The zero-order valence-corrected chi connectivity index (χ0v) is 13.3. The summed E-state index contributed by atoms with van der Waals surface area (Å²) in [6.45, 7) is 1.05. The Kier molecular flexibility index (Phi) is 4.45. The number of nitrogens with zero attached hydrogens (tertiary/aromatic N) is 1. The van der Waals surface area contributed by atoms with Crippen LogP contribution in [0.15, 0.2) is 65.7 Å². The van der Waals surface area contributed by atoms with Crippen molar-refractivity contribution in [1.29, 1.82) is 0 Å². The van der Waals surface area contributed by atoms with Gasteiger partial charge in [0.15, 0.2) is 0 Å². The largest absolute Gasteiger partial charge is 0.347 e. The zero-order valence-electron chi connectivity index (χ0n) is 12.4. The maximum Gasteiger partial charge on any atom is 0.240 e. The molecule has 4 nitrogen and oxygen atoms in total. The molecule has 0 radical (unpaired) electrons. The van der Waals surface area contributed by atoms with E-state index in [-0.39, 0.29) is 4.90 Å². The van der Waals surface area contributed by atoms with E-state index in [0.717, 1.165) is 24.2 Å². The molecule has 0 aliphatic heterocycles. The van der Waals surface area contributed by atoms with Gasteiger partial charge in [-0.3, -0.25) is 0 Å². The first-order valence-electron chi connectivity index (χ1n) is 7.35. The van der Waals surface area contributed by atoms with Crippen molar-refractivity contribution in [3.63, 3.8) is 0 Å². The van der Waals surface area contributed by atoms with Crippen LogP contribution >= 0.6 is 0 Å². The molecule has 2 aromatic carbocycles. The molecule has 0 spiro atoms. The van der Waals surface area contributed by atoms with Crippen LogP contribution in [0.2, 0.25) is 0 Å². The molecule has 0 saturated heterocycles. The molecular formula is C17H17FN2O2S. The second-order valence-electron chi connectivity index (χ2n) is 5.27. The number of sulfonamides is 1. The van der Waals surface area contributed by atoms with Crippen molar-refractivity contribution in [1.82, 2.24) is 9.29 Å². The van der Waals surface area contributed by atoms with Crippen molar-refractivity contribution in [2.45, 2.75) is 17.9 Å². The SMILES string of the molecule is O=S(=O)(NCCCn1ccc2ccccc21)c1ccc(F)cc1. The third kappa shape index (κ3) is 3.60. The minimum absolute atomic E-state index is 0.0744. The molecule has 120 valence electrons. The fraction of sp³-hybridized carbons (Fsp3) is 0.176. The maximum absolute atomic E-state index is 12.8. The first-order chi connectivity index (χ1) is 11.1. The maximum atomic E-state index is 12.8. The first-order valence-corrected chi connectivity index (χ1v) is 8.84. The van der Waals surface area contributed by atoms with Crippen molar-refractivity contribution in [2.75, 3.05) is 6.54 Å². The molecule has 1 N–H and O–H groups in total. The highest BCUT2D eigenvalue weighted by Gasteiger charge is 2.12. The monoisotopic (exact) mass is 332 g/mol. The number of para-hydroxylation sites is 1. The van der Waals surface area contributed by atoms with Crippen molar-refractivity contribution < 1.29 is 12.8 Å². The Hall–Kier alpha value is -2.18. The van der Waals surface area contributed by atoms with Gasteiger partial charge in [0.1, 0.15) is 5.82 Å². The zero-order chi connectivity index (χ0) is 16.3. The van der Waals surface area contributed by atoms with Gasteiger partial charge in [-0.1, -0.05) is 18.2 Å². The van der Waals surface area contributed by atoms with Crippen molar-refractivity contribution in [3.8, 4) is 0 Å². The Morgan fingerprint density at radius 1 is 1.00 bits per heavy atom. The van der Waals surface area contributed by atoms with E-state index in [4.69, 9.17) is 0 Å². The lowest BCUT2D eigenvalue weighted by Gasteiger charge is -2.08. The first kappa shape index (κ1) is 15.7. The second kappa shape index (κ2) is 6.52. The minimum atomic E-state index is -3.59. The lowest BCUT2D eigenvalue weighted by atomic mass is 10.2. The fourth-order valence-corrected chi connectivity index (χ4v) is 3.56. The molecule has 0 atom stereocenters. The van der Waals surface area contributed by atoms with Gasteiger partial charge in [-0.15, -0.1) is 0 Å². The minimum Gasteiger partial charge on any atom is -0.347 e. The number of aromatic nitrogens is 1. The number of fused-ring (bicyclic) bond motifs is 1. The molecule has 0 amide bonds. The molecule has 0 bridgehead atoms.